The number of aromatic nitrogens is 1. The lowest BCUT2D eigenvalue weighted by Gasteiger charge is -2.32. The molecule has 0 fully saturated rings. The number of pyridine rings is 1. The van der Waals surface area contributed by atoms with Crippen molar-refractivity contribution in [3.8, 4) is 0 Å². The van der Waals surface area contributed by atoms with E-state index in [2.05, 4.69) is 0 Å². The zero-order chi connectivity index (χ0) is 19.7. The summed E-state index contributed by atoms with van der Waals surface area (Å²) in [6.45, 7) is 9.53. The highest BCUT2D eigenvalue weighted by atomic mass is 16.5. The lowest BCUT2D eigenvalue weighted by atomic mass is 10.0. The topological polar surface area (TPSA) is 59.5 Å². The van der Waals surface area contributed by atoms with Crippen molar-refractivity contribution in [2.45, 2.75) is 72.1 Å². The van der Waals surface area contributed by atoms with Crippen molar-refractivity contribution in [2.75, 3.05) is 0 Å². The number of nitrogens with zero attached hydrogens (tertiary/aromatic N) is 2. The van der Waals surface area contributed by atoms with Crippen LogP contribution in [0.25, 0.3) is 10.9 Å². The second kappa shape index (κ2) is 7.67. The summed E-state index contributed by atoms with van der Waals surface area (Å²) in [7, 11) is 0. The summed E-state index contributed by atoms with van der Waals surface area (Å²) >= 11 is 0. The van der Waals surface area contributed by atoms with Gasteiger partial charge in [-0.3, -0.25) is 9.78 Å². The van der Waals surface area contributed by atoms with E-state index in [0.717, 1.165) is 41.4 Å². The Labute approximate surface area is 160 Å². The number of carbonyl (C=O) groups excluding carboxylic acids is 2. The van der Waals surface area contributed by atoms with Gasteiger partial charge in [-0.25, -0.2) is 4.79 Å². The minimum atomic E-state index is -0.828. The molecular weight excluding hydrogens is 340 g/mol. The fourth-order valence-electron chi connectivity index (χ4n) is 4.03. The van der Waals surface area contributed by atoms with E-state index in [1.54, 1.807) is 11.8 Å². The average Bonchev–Trinajstić information content (AvgIpc) is 3.06. The van der Waals surface area contributed by atoms with Gasteiger partial charge in [0, 0.05) is 23.2 Å². The van der Waals surface area contributed by atoms with E-state index in [1.165, 1.54) is 0 Å². The SMILES string of the molecule is CC(OC(=O)c1c2c(nc3ccccc13)CCC2)C(=O)N(C(C)C)C(C)C. The third kappa shape index (κ3) is 3.68. The molecule has 1 aliphatic rings. The molecule has 0 N–H and O–H groups in total. The molecule has 3 rings (SSSR count). The number of fused-ring (bicyclic) bond motifs is 2. The highest BCUT2D eigenvalue weighted by molar-refractivity contribution is 6.06. The summed E-state index contributed by atoms with van der Waals surface area (Å²) in [6, 6.07) is 7.73. The van der Waals surface area contributed by atoms with E-state index >= 15 is 0 Å². The second-order valence-corrected chi connectivity index (χ2v) is 7.76. The maximum Gasteiger partial charge on any atom is 0.339 e. The molecule has 144 valence electrons. The van der Waals surface area contributed by atoms with Crippen molar-refractivity contribution < 1.29 is 14.3 Å². The van der Waals surface area contributed by atoms with Crippen molar-refractivity contribution in [3.63, 3.8) is 0 Å². The molecule has 0 saturated heterocycles. The van der Waals surface area contributed by atoms with Crippen molar-refractivity contribution in [2.24, 2.45) is 0 Å². The minimum absolute atomic E-state index is 0.0460. The maximum atomic E-state index is 13.1. The maximum absolute atomic E-state index is 13.1. The highest BCUT2D eigenvalue weighted by Gasteiger charge is 2.30. The van der Waals surface area contributed by atoms with Crippen LogP contribution in [0.5, 0.6) is 0 Å². The fourth-order valence-corrected chi connectivity index (χ4v) is 4.03. The third-order valence-electron chi connectivity index (χ3n) is 5.12. The zero-order valence-electron chi connectivity index (χ0n) is 16.8. The molecule has 1 aliphatic carbocycles. The van der Waals surface area contributed by atoms with E-state index in [1.807, 2.05) is 52.0 Å². The number of rotatable bonds is 5. The number of benzene rings is 1. The van der Waals surface area contributed by atoms with Crippen molar-refractivity contribution in [3.05, 3.63) is 41.1 Å². The predicted molar refractivity (Wildman–Crippen MR) is 106 cm³/mol. The Balaban J connectivity index is 1.92. The molecule has 0 radical (unpaired) electrons. The molecule has 2 aromatic rings. The zero-order valence-corrected chi connectivity index (χ0v) is 16.8. The first-order valence-corrected chi connectivity index (χ1v) is 9.75. The molecule has 1 unspecified atom stereocenters. The summed E-state index contributed by atoms with van der Waals surface area (Å²) in [5.74, 6) is -0.594. The van der Waals surface area contributed by atoms with Crippen LogP contribution in [0.1, 0.15) is 62.7 Å². The van der Waals surface area contributed by atoms with Gasteiger partial charge in [0.25, 0.3) is 5.91 Å². The molecule has 1 amide bonds. The summed E-state index contributed by atoms with van der Waals surface area (Å²) in [5, 5.41) is 0.798. The van der Waals surface area contributed by atoms with E-state index < -0.39 is 12.1 Å². The van der Waals surface area contributed by atoms with Gasteiger partial charge < -0.3 is 9.64 Å². The van der Waals surface area contributed by atoms with Crippen LogP contribution in [-0.2, 0) is 22.4 Å². The number of esters is 1. The summed E-state index contributed by atoms with van der Waals surface area (Å²) in [5.41, 5.74) is 3.33. The van der Waals surface area contributed by atoms with Gasteiger partial charge in [-0.05, 0) is 65.5 Å². The summed E-state index contributed by atoms with van der Waals surface area (Å²) < 4.78 is 5.65. The van der Waals surface area contributed by atoms with Gasteiger partial charge in [-0.2, -0.15) is 0 Å². The molecule has 0 aliphatic heterocycles. The van der Waals surface area contributed by atoms with Gasteiger partial charge in [0.1, 0.15) is 0 Å². The molecule has 0 spiro atoms. The number of hydrogen-bond donors (Lipinski definition) is 0. The number of carbonyl (C=O) groups is 2. The number of aryl methyl sites for hydroxylation is 1. The molecule has 5 heteroatoms. The van der Waals surface area contributed by atoms with Crippen LogP contribution in [0, 0.1) is 0 Å². The summed E-state index contributed by atoms with van der Waals surface area (Å²) in [6.07, 6.45) is 1.86. The lowest BCUT2D eigenvalue weighted by Crippen LogP contribution is -2.47. The van der Waals surface area contributed by atoms with E-state index in [9.17, 15) is 9.59 Å². The molecule has 1 heterocycles. The molecule has 0 saturated carbocycles. The van der Waals surface area contributed by atoms with Crippen LogP contribution in [0.2, 0.25) is 0 Å². The van der Waals surface area contributed by atoms with Crippen LogP contribution in [-0.4, -0.2) is 39.9 Å². The Morgan fingerprint density at radius 3 is 2.37 bits per heavy atom. The Hall–Kier alpha value is -2.43. The third-order valence-corrected chi connectivity index (χ3v) is 5.12. The largest absolute Gasteiger partial charge is 0.449 e. The van der Waals surface area contributed by atoms with Crippen molar-refractivity contribution in [1.82, 2.24) is 9.88 Å². The number of hydrogen-bond acceptors (Lipinski definition) is 4. The minimum Gasteiger partial charge on any atom is -0.449 e. The van der Waals surface area contributed by atoms with Crippen LogP contribution in [0.4, 0.5) is 0 Å². The standard InChI is InChI=1S/C22H28N2O3/c1-13(2)24(14(3)4)21(25)15(5)27-22(26)20-16-9-6-7-11-18(16)23-19-12-8-10-17(19)20/h6-7,9,11,13-15H,8,10,12H2,1-5H3. The highest BCUT2D eigenvalue weighted by Crippen LogP contribution is 2.30. The molecule has 1 aromatic carbocycles. The molecular formula is C22H28N2O3. The van der Waals surface area contributed by atoms with Gasteiger partial charge in [0.15, 0.2) is 6.10 Å². The van der Waals surface area contributed by atoms with Gasteiger partial charge >= 0.3 is 5.97 Å². The van der Waals surface area contributed by atoms with E-state index in [4.69, 9.17) is 9.72 Å². The first-order chi connectivity index (χ1) is 12.8. The average molecular weight is 368 g/mol. The normalized spacial score (nSPS) is 14.5. The molecule has 1 aromatic heterocycles. The van der Waals surface area contributed by atoms with Gasteiger partial charge in [-0.1, -0.05) is 18.2 Å². The first-order valence-electron chi connectivity index (χ1n) is 9.75. The van der Waals surface area contributed by atoms with Crippen molar-refractivity contribution in [1.29, 1.82) is 0 Å². The molecule has 27 heavy (non-hydrogen) atoms. The number of para-hydroxylation sites is 1. The van der Waals surface area contributed by atoms with Crippen LogP contribution in [0.15, 0.2) is 24.3 Å². The van der Waals surface area contributed by atoms with Crippen LogP contribution in [0.3, 0.4) is 0 Å². The van der Waals surface area contributed by atoms with Gasteiger partial charge in [-0.15, -0.1) is 0 Å². The summed E-state index contributed by atoms with van der Waals surface area (Å²) in [4.78, 5) is 32.4. The van der Waals surface area contributed by atoms with Gasteiger partial charge in [0.2, 0.25) is 0 Å². The number of ether oxygens (including phenoxy) is 1. The fraction of sp³-hybridized carbons (Fsp3) is 0.500. The Morgan fingerprint density at radius 1 is 1.04 bits per heavy atom. The monoisotopic (exact) mass is 368 g/mol. The number of amides is 1. The Morgan fingerprint density at radius 2 is 1.70 bits per heavy atom. The van der Waals surface area contributed by atoms with Crippen LogP contribution < -0.4 is 0 Å². The molecule has 1 atom stereocenters. The van der Waals surface area contributed by atoms with Crippen molar-refractivity contribution >= 4 is 22.8 Å². The molecule has 5 nitrogen and oxygen atoms in total. The van der Waals surface area contributed by atoms with Crippen LogP contribution >= 0.6 is 0 Å². The quantitative estimate of drug-likeness (QED) is 0.751. The van der Waals surface area contributed by atoms with E-state index in [0.29, 0.717) is 5.56 Å². The smallest absolute Gasteiger partial charge is 0.339 e. The molecule has 0 bridgehead atoms. The second-order valence-electron chi connectivity index (χ2n) is 7.76. The Bertz CT molecular complexity index is 865. The van der Waals surface area contributed by atoms with Gasteiger partial charge in [0.05, 0.1) is 11.1 Å². The first kappa shape index (κ1) is 19.3. The Kier molecular flexibility index (Phi) is 5.49. The predicted octanol–water partition coefficient (Wildman–Crippen LogP) is 3.91. The van der Waals surface area contributed by atoms with E-state index in [-0.39, 0.29) is 18.0 Å². The lowest BCUT2D eigenvalue weighted by molar-refractivity contribution is -0.143.